The van der Waals surface area contributed by atoms with Crippen molar-refractivity contribution in [3.05, 3.63) is 41.1 Å². The highest BCUT2D eigenvalue weighted by Crippen LogP contribution is 2.28. The van der Waals surface area contributed by atoms with Crippen molar-refractivity contribution in [1.29, 1.82) is 0 Å². The van der Waals surface area contributed by atoms with Crippen molar-refractivity contribution >= 4 is 0 Å². The van der Waals surface area contributed by atoms with Gasteiger partial charge in [0, 0.05) is 19.0 Å². The van der Waals surface area contributed by atoms with Crippen LogP contribution in [0.3, 0.4) is 0 Å². The van der Waals surface area contributed by atoms with Crippen LogP contribution in [-0.4, -0.2) is 16.3 Å². The highest BCUT2D eigenvalue weighted by atomic mass is 16.3. The third-order valence-electron chi connectivity index (χ3n) is 3.27. The van der Waals surface area contributed by atoms with Gasteiger partial charge in [0.1, 0.15) is 5.76 Å². The van der Waals surface area contributed by atoms with Crippen molar-refractivity contribution in [3.63, 3.8) is 0 Å². The number of hydrogen-bond acceptors (Lipinski definition) is 3. The lowest BCUT2D eigenvalue weighted by Crippen LogP contribution is -2.25. The fourth-order valence-electron chi connectivity index (χ4n) is 2.42. The zero-order valence-electron chi connectivity index (χ0n) is 11.5. The zero-order valence-corrected chi connectivity index (χ0v) is 11.5. The molecule has 0 spiro atoms. The monoisotopic (exact) mass is 247 g/mol. The average molecular weight is 247 g/mol. The molecule has 1 atom stereocenters. The van der Waals surface area contributed by atoms with Gasteiger partial charge >= 0.3 is 0 Å². The summed E-state index contributed by atoms with van der Waals surface area (Å²) in [5.41, 5.74) is 3.62. The quantitative estimate of drug-likeness (QED) is 0.883. The van der Waals surface area contributed by atoms with E-state index in [2.05, 4.69) is 37.3 Å². The molecule has 98 valence electrons. The van der Waals surface area contributed by atoms with Gasteiger partial charge in [-0.05, 0) is 25.1 Å². The number of hydrogen-bond donors (Lipinski definition) is 1. The van der Waals surface area contributed by atoms with E-state index >= 15 is 0 Å². The first-order valence-corrected chi connectivity index (χ1v) is 6.47. The van der Waals surface area contributed by atoms with Gasteiger partial charge in [-0.2, -0.15) is 5.10 Å². The number of aromatic nitrogens is 2. The van der Waals surface area contributed by atoms with Crippen molar-refractivity contribution in [3.8, 4) is 0 Å². The third-order valence-corrected chi connectivity index (χ3v) is 3.27. The molecule has 2 rings (SSSR count). The minimum atomic E-state index is 0.149. The van der Waals surface area contributed by atoms with Crippen LogP contribution in [0, 0.1) is 6.92 Å². The lowest BCUT2D eigenvalue weighted by atomic mass is 10.0. The Morgan fingerprint density at radius 3 is 2.78 bits per heavy atom. The van der Waals surface area contributed by atoms with E-state index < -0.39 is 0 Å². The van der Waals surface area contributed by atoms with Crippen LogP contribution in [0.2, 0.25) is 0 Å². The van der Waals surface area contributed by atoms with E-state index in [1.54, 1.807) is 6.26 Å². The minimum Gasteiger partial charge on any atom is -0.469 e. The van der Waals surface area contributed by atoms with Gasteiger partial charge in [0.15, 0.2) is 0 Å². The molecule has 1 N–H and O–H groups in total. The SMILES string of the molecule is CCNC(c1ccoc1CC)c1c(C)cnn1C. The van der Waals surface area contributed by atoms with Gasteiger partial charge in [0.05, 0.1) is 24.2 Å². The van der Waals surface area contributed by atoms with Crippen LogP contribution < -0.4 is 5.32 Å². The molecule has 1 unspecified atom stereocenters. The maximum absolute atomic E-state index is 5.55. The molecular weight excluding hydrogens is 226 g/mol. The molecule has 4 heteroatoms. The molecule has 0 aliphatic rings. The summed E-state index contributed by atoms with van der Waals surface area (Å²) in [7, 11) is 1.98. The van der Waals surface area contributed by atoms with Gasteiger partial charge in [-0.25, -0.2) is 0 Å². The minimum absolute atomic E-state index is 0.149. The Kier molecular flexibility index (Phi) is 3.87. The molecule has 0 aromatic carbocycles. The summed E-state index contributed by atoms with van der Waals surface area (Å²) < 4.78 is 7.49. The molecule has 0 saturated carbocycles. The Balaban J connectivity index is 2.46. The third kappa shape index (κ3) is 2.20. The van der Waals surface area contributed by atoms with Gasteiger partial charge < -0.3 is 9.73 Å². The summed E-state index contributed by atoms with van der Waals surface area (Å²) in [4.78, 5) is 0. The Labute approximate surface area is 108 Å². The maximum Gasteiger partial charge on any atom is 0.108 e. The van der Waals surface area contributed by atoms with E-state index in [4.69, 9.17) is 4.42 Å². The standard InChI is InChI=1S/C14H21N3O/c1-5-12-11(7-8-18-12)13(15-6-2)14-10(3)9-16-17(14)4/h7-9,13,15H,5-6H2,1-4H3. The van der Waals surface area contributed by atoms with E-state index in [1.807, 2.05) is 17.9 Å². The molecule has 2 aromatic heterocycles. The first-order valence-electron chi connectivity index (χ1n) is 6.47. The predicted molar refractivity (Wildman–Crippen MR) is 71.6 cm³/mol. The van der Waals surface area contributed by atoms with E-state index in [0.717, 1.165) is 18.7 Å². The van der Waals surface area contributed by atoms with E-state index in [1.165, 1.54) is 16.8 Å². The topological polar surface area (TPSA) is 43.0 Å². The molecule has 2 aromatic rings. The van der Waals surface area contributed by atoms with Crippen molar-refractivity contribution < 1.29 is 4.42 Å². The highest BCUT2D eigenvalue weighted by molar-refractivity contribution is 5.33. The van der Waals surface area contributed by atoms with E-state index in [0.29, 0.717) is 0 Å². The molecule has 0 radical (unpaired) electrons. The molecule has 2 heterocycles. The van der Waals surface area contributed by atoms with Crippen LogP contribution in [0.4, 0.5) is 0 Å². The second-order valence-corrected chi connectivity index (χ2v) is 4.48. The average Bonchev–Trinajstić information content (AvgIpc) is 2.94. The smallest absolute Gasteiger partial charge is 0.108 e. The van der Waals surface area contributed by atoms with Gasteiger partial charge in [-0.3, -0.25) is 4.68 Å². The molecule has 0 fully saturated rings. The summed E-state index contributed by atoms with van der Waals surface area (Å²) in [6.45, 7) is 7.23. The number of furan rings is 1. The normalized spacial score (nSPS) is 12.9. The van der Waals surface area contributed by atoms with Crippen molar-refractivity contribution in [1.82, 2.24) is 15.1 Å². The van der Waals surface area contributed by atoms with Crippen LogP contribution in [0.15, 0.2) is 22.9 Å². The number of aryl methyl sites for hydroxylation is 3. The Bertz CT molecular complexity index is 493. The largest absolute Gasteiger partial charge is 0.469 e. The fourth-order valence-corrected chi connectivity index (χ4v) is 2.42. The maximum atomic E-state index is 5.55. The first kappa shape index (κ1) is 12.9. The molecule has 4 nitrogen and oxygen atoms in total. The van der Waals surface area contributed by atoms with Crippen LogP contribution in [0.5, 0.6) is 0 Å². The van der Waals surface area contributed by atoms with E-state index in [-0.39, 0.29) is 6.04 Å². The Morgan fingerprint density at radius 1 is 1.44 bits per heavy atom. The zero-order chi connectivity index (χ0) is 13.1. The summed E-state index contributed by atoms with van der Waals surface area (Å²) in [6.07, 6.45) is 4.58. The van der Waals surface area contributed by atoms with Crippen LogP contribution >= 0.6 is 0 Å². The highest BCUT2D eigenvalue weighted by Gasteiger charge is 2.22. The molecule has 0 amide bonds. The van der Waals surface area contributed by atoms with Crippen LogP contribution in [0.1, 0.15) is 42.5 Å². The van der Waals surface area contributed by atoms with Gasteiger partial charge in [-0.15, -0.1) is 0 Å². The fraction of sp³-hybridized carbons (Fsp3) is 0.500. The Morgan fingerprint density at radius 2 is 2.22 bits per heavy atom. The molecule has 0 bridgehead atoms. The lowest BCUT2D eigenvalue weighted by Gasteiger charge is -2.19. The molecular formula is C14H21N3O. The predicted octanol–water partition coefficient (Wildman–Crippen LogP) is 2.58. The Hall–Kier alpha value is -1.55. The molecule has 0 aliphatic carbocycles. The van der Waals surface area contributed by atoms with Crippen molar-refractivity contribution in [2.45, 2.75) is 33.2 Å². The van der Waals surface area contributed by atoms with Gasteiger partial charge in [0.2, 0.25) is 0 Å². The summed E-state index contributed by atoms with van der Waals surface area (Å²) in [5.74, 6) is 1.04. The van der Waals surface area contributed by atoms with Gasteiger partial charge in [0.25, 0.3) is 0 Å². The second kappa shape index (κ2) is 5.40. The molecule has 0 aliphatic heterocycles. The molecule has 0 saturated heterocycles. The van der Waals surface area contributed by atoms with Crippen LogP contribution in [0.25, 0.3) is 0 Å². The lowest BCUT2D eigenvalue weighted by molar-refractivity contribution is 0.496. The van der Waals surface area contributed by atoms with Crippen molar-refractivity contribution in [2.24, 2.45) is 7.05 Å². The van der Waals surface area contributed by atoms with Gasteiger partial charge in [-0.1, -0.05) is 13.8 Å². The number of nitrogens with zero attached hydrogens (tertiary/aromatic N) is 2. The number of nitrogens with one attached hydrogen (secondary N) is 1. The number of rotatable bonds is 5. The first-order chi connectivity index (χ1) is 8.69. The van der Waals surface area contributed by atoms with Crippen molar-refractivity contribution in [2.75, 3.05) is 6.54 Å². The summed E-state index contributed by atoms with van der Waals surface area (Å²) >= 11 is 0. The molecule has 18 heavy (non-hydrogen) atoms. The van der Waals surface area contributed by atoms with Crippen LogP contribution in [-0.2, 0) is 13.5 Å². The summed E-state index contributed by atoms with van der Waals surface area (Å²) in [6, 6.07) is 2.20. The second-order valence-electron chi connectivity index (χ2n) is 4.48. The summed E-state index contributed by atoms with van der Waals surface area (Å²) in [5, 5.41) is 7.85. The van der Waals surface area contributed by atoms with E-state index in [9.17, 15) is 0 Å².